The normalized spacial score (nSPS) is 29.7. The molecule has 0 aromatic heterocycles. The third-order valence-electron chi connectivity index (χ3n) is 3.91. The maximum absolute atomic E-state index is 6.08. The average molecular weight is 224 g/mol. The van der Waals surface area contributed by atoms with E-state index in [1.54, 1.807) is 5.57 Å². The van der Waals surface area contributed by atoms with E-state index < -0.39 is 9.04 Å². The maximum Gasteiger partial charge on any atom is 0.183 e. The zero-order valence-electron chi connectivity index (χ0n) is 10.0. The molecule has 0 amide bonds. The smallest absolute Gasteiger partial charge is 0.183 e. The summed E-state index contributed by atoms with van der Waals surface area (Å²) in [5, 5.41) is 0. The van der Waals surface area contributed by atoms with E-state index in [1.807, 2.05) is 0 Å². The van der Waals surface area contributed by atoms with E-state index in [0.29, 0.717) is 0 Å². The summed E-state index contributed by atoms with van der Waals surface area (Å²) in [4.78, 5) is 0. The Morgan fingerprint density at radius 3 is 2.87 bits per heavy atom. The van der Waals surface area contributed by atoms with Gasteiger partial charge in [-0.25, -0.2) is 0 Å². The van der Waals surface area contributed by atoms with Crippen LogP contribution in [-0.4, -0.2) is 15.6 Å². The molecule has 0 aromatic carbocycles. The van der Waals surface area contributed by atoms with Gasteiger partial charge in [-0.15, -0.1) is 0 Å². The minimum Gasteiger partial charge on any atom is -0.419 e. The summed E-state index contributed by atoms with van der Waals surface area (Å²) in [5.74, 6) is 0. The highest BCUT2D eigenvalue weighted by Gasteiger charge is 2.28. The Bertz CT molecular complexity index is 219. The van der Waals surface area contributed by atoms with Gasteiger partial charge in [-0.3, -0.25) is 0 Å². The minimum atomic E-state index is -0.883. The zero-order chi connectivity index (χ0) is 10.5. The fourth-order valence-electron chi connectivity index (χ4n) is 3.05. The van der Waals surface area contributed by atoms with Crippen LogP contribution in [0.1, 0.15) is 51.9 Å². The van der Waals surface area contributed by atoms with E-state index in [9.17, 15) is 0 Å². The predicted octanol–water partition coefficient (Wildman–Crippen LogP) is 3.80. The monoisotopic (exact) mass is 224 g/mol. The Kier molecular flexibility index (Phi) is 4.45. The van der Waals surface area contributed by atoms with Gasteiger partial charge in [-0.05, 0) is 43.7 Å². The van der Waals surface area contributed by atoms with Gasteiger partial charge in [0.25, 0.3) is 0 Å². The van der Waals surface area contributed by atoms with E-state index in [1.165, 1.54) is 51.0 Å². The van der Waals surface area contributed by atoms with Crippen molar-refractivity contribution in [2.75, 3.05) is 6.61 Å². The van der Waals surface area contributed by atoms with Crippen molar-refractivity contribution in [1.82, 2.24) is 0 Å². The highest BCUT2D eigenvalue weighted by molar-refractivity contribution is 6.54. The molecule has 15 heavy (non-hydrogen) atoms. The van der Waals surface area contributed by atoms with E-state index in [4.69, 9.17) is 4.43 Å². The van der Waals surface area contributed by atoms with Gasteiger partial charge in [0.05, 0.1) is 0 Å². The second-order valence-electron chi connectivity index (χ2n) is 4.94. The topological polar surface area (TPSA) is 9.23 Å². The van der Waals surface area contributed by atoms with Crippen LogP contribution in [0.5, 0.6) is 0 Å². The fourth-order valence-corrected chi connectivity index (χ4v) is 6.31. The van der Waals surface area contributed by atoms with Crippen LogP contribution in [0, 0.1) is 0 Å². The van der Waals surface area contributed by atoms with Crippen molar-refractivity contribution < 1.29 is 4.43 Å². The highest BCUT2D eigenvalue weighted by atomic mass is 28.3. The summed E-state index contributed by atoms with van der Waals surface area (Å²) in [6.07, 6.45) is 12.1. The van der Waals surface area contributed by atoms with Crippen LogP contribution in [0.25, 0.3) is 0 Å². The lowest BCUT2D eigenvalue weighted by Crippen LogP contribution is -2.30. The van der Waals surface area contributed by atoms with E-state index in [0.717, 1.165) is 12.1 Å². The quantitative estimate of drug-likeness (QED) is 0.523. The van der Waals surface area contributed by atoms with Gasteiger partial charge in [-0.1, -0.05) is 31.4 Å². The molecule has 0 N–H and O–H groups in total. The van der Waals surface area contributed by atoms with Gasteiger partial charge in [0, 0.05) is 6.61 Å². The van der Waals surface area contributed by atoms with Crippen molar-refractivity contribution in [3.8, 4) is 0 Å². The Labute approximate surface area is 95.6 Å². The molecule has 1 nitrogen and oxygen atoms in total. The molecule has 2 rings (SSSR count). The lowest BCUT2D eigenvalue weighted by atomic mass is 9.96. The van der Waals surface area contributed by atoms with E-state index in [2.05, 4.69) is 13.0 Å². The number of hydrogen-bond acceptors (Lipinski definition) is 1. The first-order valence-electron chi connectivity index (χ1n) is 6.72. The number of hydrogen-bond donors (Lipinski definition) is 0. The van der Waals surface area contributed by atoms with Crippen LogP contribution >= 0.6 is 0 Å². The Morgan fingerprint density at radius 1 is 1.33 bits per heavy atom. The first kappa shape index (κ1) is 11.4. The molecular formula is C13H24OSi. The molecule has 2 heteroatoms. The lowest BCUT2D eigenvalue weighted by Gasteiger charge is -2.31. The van der Waals surface area contributed by atoms with Gasteiger partial charge in [0.1, 0.15) is 0 Å². The molecule has 1 fully saturated rings. The van der Waals surface area contributed by atoms with Gasteiger partial charge in [0.15, 0.2) is 9.04 Å². The number of allylic oxidation sites excluding steroid dienone is 2. The molecule has 0 radical (unpaired) electrons. The molecular weight excluding hydrogens is 200 g/mol. The Hall–Kier alpha value is -0.0831. The molecule has 1 saturated heterocycles. The molecule has 86 valence electrons. The van der Waals surface area contributed by atoms with Crippen LogP contribution < -0.4 is 0 Å². The summed E-state index contributed by atoms with van der Waals surface area (Å²) >= 11 is 0. The number of rotatable bonds is 3. The molecule has 2 atom stereocenters. The van der Waals surface area contributed by atoms with Crippen molar-refractivity contribution in [3.63, 3.8) is 0 Å². The third-order valence-corrected chi connectivity index (χ3v) is 7.34. The molecule has 0 aromatic rings. The van der Waals surface area contributed by atoms with Crippen molar-refractivity contribution >= 4 is 9.04 Å². The van der Waals surface area contributed by atoms with E-state index in [-0.39, 0.29) is 0 Å². The summed E-state index contributed by atoms with van der Waals surface area (Å²) in [5.41, 5.74) is 2.63. The van der Waals surface area contributed by atoms with Crippen molar-refractivity contribution in [2.24, 2.45) is 0 Å². The zero-order valence-corrected chi connectivity index (χ0v) is 11.2. The van der Waals surface area contributed by atoms with Crippen molar-refractivity contribution in [2.45, 2.75) is 63.5 Å². The Balaban J connectivity index is 1.98. The largest absolute Gasteiger partial charge is 0.419 e. The van der Waals surface area contributed by atoms with Crippen LogP contribution in [0.15, 0.2) is 11.6 Å². The Morgan fingerprint density at radius 2 is 2.27 bits per heavy atom. The summed E-state index contributed by atoms with van der Waals surface area (Å²) < 4.78 is 6.08. The molecule has 0 bridgehead atoms. The van der Waals surface area contributed by atoms with Crippen molar-refractivity contribution in [1.29, 1.82) is 0 Å². The molecule has 1 aliphatic heterocycles. The molecule has 2 aliphatic rings. The maximum atomic E-state index is 6.08. The summed E-state index contributed by atoms with van der Waals surface area (Å²) in [6, 6.07) is 1.43. The molecule has 0 saturated carbocycles. The standard InChI is InChI=1S/C13H24OSi/c1-2-13(12-8-4-3-5-9-12)15-11-7-6-10-14-15/h8,13,15H,2-7,9-11H2,1H3. The van der Waals surface area contributed by atoms with Crippen LogP contribution in [-0.2, 0) is 4.43 Å². The first-order valence-corrected chi connectivity index (χ1v) is 8.68. The summed E-state index contributed by atoms with van der Waals surface area (Å²) in [6.45, 7) is 3.41. The lowest BCUT2D eigenvalue weighted by molar-refractivity contribution is 0.280. The predicted molar refractivity (Wildman–Crippen MR) is 67.7 cm³/mol. The van der Waals surface area contributed by atoms with Gasteiger partial charge >= 0.3 is 0 Å². The average Bonchev–Trinajstić information content (AvgIpc) is 2.33. The molecule has 1 heterocycles. The van der Waals surface area contributed by atoms with Gasteiger partial charge < -0.3 is 4.43 Å². The van der Waals surface area contributed by atoms with Gasteiger partial charge in [0.2, 0.25) is 0 Å². The third kappa shape index (κ3) is 2.94. The van der Waals surface area contributed by atoms with Crippen LogP contribution in [0.2, 0.25) is 11.6 Å². The van der Waals surface area contributed by atoms with Crippen LogP contribution in [0.4, 0.5) is 0 Å². The molecule has 0 spiro atoms. The van der Waals surface area contributed by atoms with Crippen LogP contribution in [0.3, 0.4) is 0 Å². The molecule has 2 unspecified atom stereocenters. The minimum absolute atomic E-state index is 0.866. The SMILES string of the molecule is CCC(C1=CCCCC1)[SiH]1CCCCO1. The fraction of sp³-hybridized carbons (Fsp3) is 0.846. The van der Waals surface area contributed by atoms with Crippen molar-refractivity contribution in [3.05, 3.63) is 11.6 Å². The second kappa shape index (κ2) is 5.85. The molecule has 1 aliphatic carbocycles. The van der Waals surface area contributed by atoms with E-state index >= 15 is 0 Å². The summed E-state index contributed by atoms with van der Waals surface area (Å²) in [7, 11) is -0.883. The first-order chi connectivity index (χ1) is 7.42. The second-order valence-corrected chi connectivity index (χ2v) is 7.74. The van der Waals surface area contributed by atoms with Gasteiger partial charge in [-0.2, -0.15) is 0 Å². The highest BCUT2D eigenvalue weighted by Crippen LogP contribution is 2.36.